The third-order valence-corrected chi connectivity index (χ3v) is 6.22. The number of ether oxygens (including phenoxy) is 4. The Balaban J connectivity index is -0.000000464. The van der Waals surface area contributed by atoms with E-state index in [0.29, 0.717) is 0 Å². The van der Waals surface area contributed by atoms with Gasteiger partial charge in [0, 0.05) is 9.43 Å². The number of nitrogens with zero attached hydrogens (tertiary/aromatic N) is 6. The summed E-state index contributed by atoms with van der Waals surface area (Å²) in [6, 6.07) is -7.94. The maximum Gasteiger partial charge on any atom is 1.00 e. The summed E-state index contributed by atoms with van der Waals surface area (Å²) in [5.41, 5.74) is 21.1. The molecular weight excluding hydrogens is 980 g/mol. The maximum absolute atomic E-state index is 13.5. The fourth-order valence-corrected chi connectivity index (χ4v) is 2.73. The van der Waals surface area contributed by atoms with E-state index >= 15 is 0 Å². The van der Waals surface area contributed by atoms with Crippen LogP contribution in [0.5, 0.6) is 0 Å². The molecule has 0 aromatic rings. The van der Waals surface area contributed by atoms with Crippen LogP contribution in [0.25, 0.3) is 26.4 Å². The van der Waals surface area contributed by atoms with E-state index in [4.69, 9.17) is 16.6 Å². The maximum atomic E-state index is 13.5. The molecule has 0 aromatic heterocycles. The van der Waals surface area contributed by atoms with Crippen molar-refractivity contribution in [1.82, 2.24) is 0 Å². The van der Waals surface area contributed by atoms with Crippen LogP contribution in [0.4, 0.5) is 118 Å². The predicted molar refractivity (Wildman–Crippen MR) is 113 cm³/mol. The zero-order chi connectivity index (χ0) is 47.3. The Morgan fingerprint density at radius 1 is 0.483 bits per heavy atom. The summed E-state index contributed by atoms with van der Waals surface area (Å²) in [5.74, 6) is -15.1. The summed E-state index contributed by atoms with van der Waals surface area (Å²) in [6.45, 7) is 0. The summed E-state index contributed by atoms with van der Waals surface area (Å²) < 4.78 is 387. The van der Waals surface area contributed by atoms with Crippen LogP contribution < -0.4 is 29.6 Å². The van der Waals surface area contributed by atoms with Gasteiger partial charge >= 0.3 is 133 Å². The molecule has 0 fully saturated rings. The van der Waals surface area contributed by atoms with E-state index in [1.54, 1.807) is 4.74 Å². The zero-order valence-electron chi connectivity index (χ0n) is 25.0. The van der Waals surface area contributed by atoms with Crippen LogP contribution >= 0.6 is 0 Å². The molecule has 0 aromatic carbocycles. The first-order valence-corrected chi connectivity index (χ1v) is 13.6. The van der Waals surface area contributed by atoms with Crippen LogP contribution in [0.3, 0.4) is 0 Å². The van der Waals surface area contributed by atoms with Gasteiger partial charge in [0.25, 0.3) is 0 Å². The largest absolute Gasteiger partial charge is 1.00 e. The third kappa shape index (κ3) is 13.3. The van der Waals surface area contributed by atoms with Crippen molar-refractivity contribution in [2.24, 2.45) is 4.52 Å². The Morgan fingerprint density at radius 3 is 0.914 bits per heavy atom. The Labute approximate surface area is 317 Å². The molecule has 0 rings (SSSR count). The van der Waals surface area contributed by atoms with E-state index in [9.17, 15) is 135 Å². The van der Waals surface area contributed by atoms with E-state index in [0.717, 1.165) is 9.43 Å². The summed E-state index contributed by atoms with van der Waals surface area (Å²) in [6.07, 6.45) is -52.5. The minimum atomic E-state index is -7.89. The second-order valence-electron chi connectivity index (χ2n) is 7.94. The Hall–Kier alpha value is -3.37. The number of alkyl halides is 20. The molecule has 14 nitrogen and oxygen atoms in total. The number of hydrogen-bond donors (Lipinski definition) is 0. The van der Waals surface area contributed by atoms with Crippen molar-refractivity contribution < 1.29 is 183 Å². The van der Waals surface area contributed by atoms with Crippen molar-refractivity contribution in [3.63, 3.8) is 0 Å². The van der Waals surface area contributed by atoms with Gasteiger partial charge in [-0.1, -0.05) is 3.89 Å². The average molecular weight is 980 g/mol. The topological polar surface area (TPSA) is 213 Å². The van der Waals surface area contributed by atoms with E-state index < -0.39 is 103 Å². The van der Waals surface area contributed by atoms with E-state index in [1.807, 2.05) is 9.47 Å². The summed E-state index contributed by atoms with van der Waals surface area (Å²) in [7, 11) is -15.1. The van der Waals surface area contributed by atoms with Crippen molar-refractivity contribution in [1.29, 1.82) is 0 Å². The minimum absolute atomic E-state index is 0. The van der Waals surface area contributed by atoms with Crippen molar-refractivity contribution in [3.8, 4) is 0 Å². The molecule has 0 saturated heterocycles. The number of azide groups is 1. The van der Waals surface area contributed by atoms with E-state index in [-0.39, 0.29) is 29.6 Å². The van der Waals surface area contributed by atoms with Gasteiger partial charge in [0.05, 0.1) is 0 Å². The quantitative estimate of drug-likeness (QED) is 0.0318. The van der Waals surface area contributed by atoms with Crippen LogP contribution in [0.1, 0.15) is 0 Å². The molecule has 0 bridgehead atoms. The molecule has 58 heavy (non-hydrogen) atoms. The van der Waals surface area contributed by atoms with Crippen LogP contribution in [-0.2, 0) is 39.2 Å². The molecule has 0 N–H and O–H groups in total. The number of hydrogen-bond acceptors (Lipinski definition) is 8. The van der Waals surface area contributed by atoms with Crippen molar-refractivity contribution in [2.75, 3.05) is 0 Å². The van der Waals surface area contributed by atoms with Crippen LogP contribution in [0.15, 0.2) is 28.7 Å². The fraction of sp³-hybridized carbons (Fsp3) is 0.714. The molecule has 0 aliphatic carbocycles. The summed E-state index contributed by atoms with van der Waals surface area (Å²) in [5, 5.41) is -14.5. The SMILES string of the molecule is O=S(=O)(F)C(F)(F)C(F)(F)OC(F)(C(F)(F)F)C(F)(F)OC(F)=C(F)F.[N-]=[N+]=NS(=O)(=O)C(F)(F)C(F)(F)OC(F)(C(F)(F)F)C(F)(F)OC(F)=C(F)F.[N-]=[N+]=[N-].[Na+]. The Morgan fingerprint density at radius 2 is 0.724 bits per heavy atom. The fourth-order valence-electron chi connectivity index (χ4n) is 1.86. The van der Waals surface area contributed by atoms with Gasteiger partial charge < -0.3 is 20.5 Å². The third-order valence-electron chi connectivity index (χ3n) is 4.20. The second-order valence-corrected chi connectivity index (χ2v) is 11.0. The van der Waals surface area contributed by atoms with Crippen molar-refractivity contribution in [2.45, 2.75) is 59.0 Å². The first kappa shape index (κ1) is 61.3. The van der Waals surface area contributed by atoms with Gasteiger partial charge in [-0.2, -0.15) is 123 Å². The monoisotopic (exact) mass is 980 g/mol. The molecule has 2 atom stereocenters. The van der Waals surface area contributed by atoms with Gasteiger partial charge in [-0.25, -0.2) is 8.42 Å². The van der Waals surface area contributed by atoms with Crippen LogP contribution in [0.2, 0.25) is 0 Å². The molecule has 0 radical (unpaired) electrons. The first-order chi connectivity index (χ1) is 24.5. The zero-order valence-corrected chi connectivity index (χ0v) is 28.6. The molecule has 0 amide bonds. The molecule has 2 unspecified atom stereocenters. The van der Waals surface area contributed by atoms with Crippen molar-refractivity contribution in [3.05, 3.63) is 50.6 Å². The van der Waals surface area contributed by atoms with Gasteiger partial charge in [-0.15, -0.1) is 0 Å². The first-order valence-electron chi connectivity index (χ1n) is 10.8. The van der Waals surface area contributed by atoms with Crippen LogP contribution in [-0.4, -0.2) is 75.8 Å². The second kappa shape index (κ2) is 19.3. The number of halogens is 27. The predicted octanol–water partition coefficient (Wildman–Crippen LogP) is 6.93. The standard InChI is InChI=1S/C7F14O4S.C7F13N3O4S.N3.Na/c8-1(9)2(10)24-5(15,16)3(11,4(12,13)14)25-6(17,18)7(19,20)26(21,22)23;8-1(9)2(10)26-5(15,16)3(11,4(12,13)14)27-6(17,18)7(19,20)28(24,25)23-22-21;1-3-2;/q;;-1;+1. The average Bonchev–Trinajstić information content (AvgIpc) is 2.94. The normalized spacial score (nSPS) is 15.4. The molecule has 0 aliphatic rings. The van der Waals surface area contributed by atoms with E-state index in [1.165, 1.54) is 9.65 Å². The summed E-state index contributed by atoms with van der Waals surface area (Å²) >= 11 is 0. The van der Waals surface area contributed by atoms with Gasteiger partial charge in [-0.3, -0.25) is 14.4 Å². The Kier molecular flexibility index (Phi) is 20.4. The summed E-state index contributed by atoms with van der Waals surface area (Å²) in [4.78, 5) is 2.58. The van der Waals surface area contributed by atoms with E-state index in [2.05, 4.69) is 0 Å². The van der Waals surface area contributed by atoms with Gasteiger partial charge in [-0.05, 0) is 5.53 Å². The smallest absolute Gasteiger partial charge is 0.398 e. The van der Waals surface area contributed by atoms with Gasteiger partial charge in [0.15, 0.2) is 0 Å². The van der Waals surface area contributed by atoms with Gasteiger partial charge in [0.1, 0.15) is 0 Å². The Bertz CT molecular complexity index is 1800. The van der Waals surface area contributed by atoms with Crippen LogP contribution in [0, 0.1) is 0 Å². The van der Waals surface area contributed by atoms with Crippen molar-refractivity contribution >= 4 is 20.2 Å². The minimum Gasteiger partial charge on any atom is -0.398 e. The number of sulfonamides is 1. The molecular formula is C14F27N6NaO8S2. The molecule has 0 aliphatic heterocycles. The van der Waals surface area contributed by atoms with Gasteiger partial charge in [0.2, 0.25) is 0 Å². The molecule has 0 heterocycles. The molecule has 0 spiro atoms. The molecule has 44 heteroatoms. The molecule has 336 valence electrons. The molecule has 0 saturated carbocycles. The number of rotatable bonds is 15.